The van der Waals surface area contributed by atoms with Crippen molar-refractivity contribution in [3.8, 4) is 0 Å². The molecule has 1 aromatic heterocycles. The molecule has 0 radical (unpaired) electrons. The second kappa shape index (κ2) is 8.21. The maximum atomic E-state index is 12.7. The van der Waals surface area contributed by atoms with Crippen molar-refractivity contribution in [2.45, 2.75) is 26.8 Å². The molecule has 1 unspecified atom stereocenters. The van der Waals surface area contributed by atoms with Crippen LogP contribution in [-0.2, 0) is 9.53 Å². The first-order valence-corrected chi connectivity index (χ1v) is 9.23. The Kier molecular flexibility index (Phi) is 5.73. The van der Waals surface area contributed by atoms with Crippen LogP contribution in [0.4, 0.5) is 0 Å². The van der Waals surface area contributed by atoms with Crippen LogP contribution in [0.5, 0.6) is 0 Å². The molecule has 0 bridgehead atoms. The number of likely N-dealkylation sites (N-methyl/N-ethyl adjacent to an activating group) is 1. The number of esters is 1. The summed E-state index contributed by atoms with van der Waals surface area (Å²) in [5, 5.41) is 0.904. The highest BCUT2D eigenvalue weighted by molar-refractivity contribution is 5.99. The molecule has 0 saturated carbocycles. The third-order valence-corrected chi connectivity index (χ3v) is 5.12. The molecule has 0 aliphatic rings. The van der Waals surface area contributed by atoms with Gasteiger partial charge in [0.2, 0.25) is 0 Å². The maximum Gasteiger partial charge on any atom is 0.340 e. The van der Waals surface area contributed by atoms with Crippen LogP contribution in [0, 0.1) is 13.8 Å². The van der Waals surface area contributed by atoms with E-state index < -0.39 is 5.97 Å². The van der Waals surface area contributed by atoms with Crippen molar-refractivity contribution < 1.29 is 14.3 Å². The number of nitrogens with zero attached hydrogens (tertiary/aromatic N) is 2. The molecule has 1 amide bonds. The van der Waals surface area contributed by atoms with E-state index in [-0.39, 0.29) is 18.6 Å². The van der Waals surface area contributed by atoms with Gasteiger partial charge in [0.1, 0.15) is 0 Å². The molecule has 0 N–H and O–H groups in total. The van der Waals surface area contributed by atoms with Crippen LogP contribution in [-0.4, -0.2) is 35.4 Å². The Bertz CT molecular complexity index is 1020. The van der Waals surface area contributed by atoms with Crippen LogP contribution >= 0.6 is 0 Å². The topological polar surface area (TPSA) is 59.5 Å². The van der Waals surface area contributed by atoms with Crippen molar-refractivity contribution in [1.29, 1.82) is 0 Å². The number of hydrogen-bond acceptors (Lipinski definition) is 4. The summed E-state index contributed by atoms with van der Waals surface area (Å²) in [6, 6.07) is 17.3. The SMILES string of the molecule is Cc1nc2ccccc2c(C)c1C(=O)OCC(=O)N(C)C(C)c1ccccc1. The molecule has 2 aromatic carbocycles. The van der Waals surface area contributed by atoms with Gasteiger partial charge in [-0.05, 0) is 38.0 Å². The molecular weight excluding hydrogens is 352 g/mol. The van der Waals surface area contributed by atoms with E-state index in [0.29, 0.717) is 11.3 Å². The van der Waals surface area contributed by atoms with E-state index in [1.807, 2.05) is 68.4 Å². The number of aromatic nitrogens is 1. The minimum absolute atomic E-state index is 0.113. The predicted molar refractivity (Wildman–Crippen MR) is 109 cm³/mol. The lowest BCUT2D eigenvalue weighted by Crippen LogP contribution is -2.33. The summed E-state index contributed by atoms with van der Waals surface area (Å²) in [7, 11) is 1.71. The maximum absolute atomic E-state index is 12.7. The Labute approximate surface area is 165 Å². The third kappa shape index (κ3) is 3.88. The second-order valence-corrected chi connectivity index (χ2v) is 6.88. The van der Waals surface area contributed by atoms with E-state index in [9.17, 15) is 9.59 Å². The third-order valence-electron chi connectivity index (χ3n) is 5.12. The van der Waals surface area contributed by atoms with E-state index in [1.165, 1.54) is 0 Å². The zero-order chi connectivity index (χ0) is 20.3. The number of rotatable bonds is 5. The van der Waals surface area contributed by atoms with Crippen molar-refractivity contribution in [1.82, 2.24) is 9.88 Å². The largest absolute Gasteiger partial charge is 0.452 e. The normalized spacial score (nSPS) is 11.9. The highest BCUT2D eigenvalue weighted by Crippen LogP contribution is 2.23. The molecule has 0 aliphatic carbocycles. The van der Waals surface area contributed by atoms with Crippen LogP contribution in [0.2, 0.25) is 0 Å². The minimum atomic E-state index is -0.526. The first kappa shape index (κ1) is 19.5. The fourth-order valence-electron chi connectivity index (χ4n) is 3.30. The average Bonchev–Trinajstić information content (AvgIpc) is 2.71. The molecule has 0 spiro atoms. The number of fused-ring (bicyclic) bond motifs is 1. The fraction of sp³-hybridized carbons (Fsp3) is 0.261. The number of carbonyl (C=O) groups is 2. The summed E-state index contributed by atoms with van der Waals surface area (Å²) in [4.78, 5) is 31.2. The summed E-state index contributed by atoms with van der Waals surface area (Å²) in [5.74, 6) is -0.781. The van der Waals surface area contributed by atoms with E-state index >= 15 is 0 Å². The van der Waals surface area contributed by atoms with E-state index in [1.54, 1.807) is 18.9 Å². The van der Waals surface area contributed by atoms with Gasteiger partial charge in [0.25, 0.3) is 5.91 Å². The summed E-state index contributed by atoms with van der Waals surface area (Å²) in [5.41, 5.74) is 3.69. The summed E-state index contributed by atoms with van der Waals surface area (Å²) >= 11 is 0. The van der Waals surface area contributed by atoms with Gasteiger partial charge in [-0.3, -0.25) is 9.78 Å². The molecule has 28 heavy (non-hydrogen) atoms. The van der Waals surface area contributed by atoms with E-state index in [2.05, 4.69) is 4.98 Å². The molecule has 0 fully saturated rings. The summed E-state index contributed by atoms with van der Waals surface area (Å²) in [6.45, 7) is 5.29. The van der Waals surface area contributed by atoms with E-state index in [4.69, 9.17) is 4.74 Å². The van der Waals surface area contributed by atoms with Crippen molar-refractivity contribution >= 4 is 22.8 Å². The Morgan fingerprint density at radius 1 is 1.04 bits per heavy atom. The van der Waals surface area contributed by atoms with Gasteiger partial charge in [-0.2, -0.15) is 0 Å². The Morgan fingerprint density at radius 3 is 2.39 bits per heavy atom. The quantitative estimate of drug-likeness (QED) is 0.625. The Hall–Kier alpha value is -3.21. The highest BCUT2D eigenvalue weighted by atomic mass is 16.5. The molecular formula is C23H24N2O3. The number of benzene rings is 2. The first-order chi connectivity index (χ1) is 13.4. The molecule has 1 atom stereocenters. The Balaban J connectivity index is 1.72. The molecule has 144 valence electrons. The van der Waals surface area contributed by atoms with Crippen LogP contribution < -0.4 is 0 Å². The van der Waals surface area contributed by atoms with Gasteiger partial charge in [-0.15, -0.1) is 0 Å². The second-order valence-electron chi connectivity index (χ2n) is 6.88. The monoisotopic (exact) mass is 376 g/mol. The smallest absolute Gasteiger partial charge is 0.340 e. The first-order valence-electron chi connectivity index (χ1n) is 9.23. The number of ether oxygens (including phenoxy) is 1. The molecule has 1 heterocycles. The van der Waals surface area contributed by atoms with Crippen molar-refractivity contribution in [2.75, 3.05) is 13.7 Å². The summed E-state index contributed by atoms with van der Waals surface area (Å²) < 4.78 is 5.34. The van der Waals surface area contributed by atoms with Gasteiger partial charge >= 0.3 is 5.97 Å². The zero-order valence-electron chi connectivity index (χ0n) is 16.6. The van der Waals surface area contributed by atoms with Crippen LogP contribution in [0.3, 0.4) is 0 Å². The predicted octanol–water partition coefficient (Wildman–Crippen LogP) is 4.23. The molecule has 3 rings (SSSR count). The van der Waals surface area contributed by atoms with Gasteiger partial charge in [0.05, 0.1) is 22.8 Å². The molecule has 0 saturated heterocycles. The molecule has 5 heteroatoms. The molecule has 5 nitrogen and oxygen atoms in total. The van der Waals surface area contributed by atoms with Gasteiger partial charge in [0, 0.05) is 12.4 Å². The van der Waals surface area contributed by atoms with Crippen molar-refractivity contribution in [3.05, 3.63) is 77.0 Å². The van der Waals surface area contributed by atoms with Gasteiger partial charge in [-0.25, -0.2) is 4.79 Å². The lowest BCUT2D eigenvalue weighted by molar-refractivity contribution is -0.135. The van der Waals surface area contributed by atoms with Crippen molar-refractivity contribution in [3.63, 3.8) is 0 Å². The van der Waals surface area contributed by atoms with Gasteiger partial charge < -0.3 is 9.64 Å². The number of pyridine rings is 1. The number of para-hydroxylation sites is 1. The number of amides is 1. The number of aryl methyl sites for hydroxylation is 2. The fourth-order valence-corrected chi connectivity index (χ4v) is 3.30. The average molecular weight is 376 g/mol. The highest BCUT2D eigenvalue weighted by Gasteiger charge is 2.22. The van der Waals surface area contributed by atoms with Crippen LogP contribution in [0.15, 0.2) is 54.6 Å². The van der Waals surface area contributed by atoms with E-state index in [0.717, 1.165) is 22.0 Å². The van der Waals surface area contributed by atoms with Crippen molar-refractivity contribution in [2.24, 2.45) is 0 Å². The minimum Gasteiger partial charge on any atom is -0.452 e. The van der Waals surface area contributed by atoms with Crippen LogP contribution in [0.25, 0.3) is 10.9 Å². The lowest BCUT2D eigenvalue weighted by atomic mass is 10.0. The summed E-state index contributed by atoms with van der Waals surface area (Å²) in [6.07, 6.45) is 0. The molecule has 0 aliphatic heterocycles. The lowest BCUT2D eigenvalue weighted by Gasteiger charge is -2.25. The van der Waals surface area contributed by atoms with Gasteiger partial charge in [-0.1, -0.05) is 48.5 Å². The number of hydrogen-bond donors (Lipinski definition) is 0. The zero-order valence-corrected chi connectivity index (χ0v) is 16.6. The van der Waals surface area contributed by atoms with Crippen LogP contribution in [0.1, 0.15) is 40.1 Å². The molecule has 3 aromatic rings. The Morgan fingerprint density at radius 2 is 1.68 bits per heavy atom. The van der Waals surface area contributed by atoms with Gasteiger partial charge in [0.15, 0.2) is 6.61 Å². The standard InChI is InChI=1S/C23H24N2O3/c1-15-19-12-8-9-13-20(19)24-16(2)22(15)23(27)28-14-21(26)25(4)17(3)18-10-6-5-7-11-18/h5-13,17H,14H2,1-4H3. The number of carbonyl (C=O) groups excluding carboxylic acids is 2.